The van der Waals surface area contributed by atoms with Crippen LogP contribution in [0.15, 0.2) is 120 Å². The van der Waals surface area contributed by atoms with Gasteiger partial charge in [0.05, 0.1) is 0 Å². The Balaban J connectivity index is 0.994. The minimum atomic E-state index is 0.875. The second-order valence-corrected chi connectivity index (χ2v) is 14.2. The van der Waals surface area contributed by atoms with Gasteiger partial charge >= 0.3 is 0 Å². The van der Waals surface area contributed by atoms with Gasteiger partial charge in [-0.05, 0) is 62.1 Å². The first-order valence-electron chi connectivity index (χ1n) is 17.0. The molecule has 8 heteroatoms. The van der Waals surface area contributed by atoms with Crippen molar-refractivity contribution in [3.63, 3.8) is 0 Å². The Bertz CT molecular complexity index is 1690. The number of nitrogens with zero attached hydrogens (tertiary/aromatic N) is 6. The summed E-state index contributed by atoms with van der Waals surface area (Å²) in [7, 11) is 0. The summed E-state index contributed by atoms with van der Waals surface area (Å²) < 4.78 is 4.51. The second-order valence-electron chi connectivity index (χ2n) is 12.3. The number of benzene rings is 4. The van der Waals surface area contributed by atoms with Crippen LogP contribution >= 0.6 is 23.5 Å². The molecule has 0 unspecified atom stereocenters. The Kier molecular flexibility index (Phi) is 12.2. The van der Waals surface area contributed by atoms with Crippen LogP contribution in [-0.2, 0) is 24.3 Å². The molecule has 0 spiro atoms. The number of aryl methyl sites for hydroxylation is 4. The highest BCUT2D eigenvalue weighted by Gasteiger charge is 2.16. The largest absolute Gasteiger partial charge is 0.274 e. The molecule has 0 fully saturated rings. The zero-order chi connectivity index (χ0) is 33.0. The predicted molar refractivity (Wildman–Crippen MR) is 199 cm³/mol. The third-order valence-corrected chi connectivity index (χ3v) is 10.5. The summed E-state index contributed by atoms with van der Waals surface area (Å²) in [6.45, 7) is 4.25. The minimum absolute atomic E-state index is 0.875. The Hall–Kier alpha value is -4.14. The molecule has 2 aromatic heterocycles. The van der Waals surface area contributed by atoms with E-state index in [9.17, 15) is 0 Å². The van der Waals surface area contributed by atoms with Gasteiger partial charge < -0.3 is 0 Å². The van der Waals surface area contributed by atoms with Gasteiger partial charge in [0.1, 0.15) is 11.6 Å². The molecule has 2 heterocycles. The fraction of sp³-hybridized carbons (Fsp3) is 0.300. The summed E-state index contributed by atoms with van der Waals surface area (Å²) >= 11 is 3.50. The van der Waals surface area contributed by atoms with Crippen LogP contribution in [0, 0.1) is 13.8 Å². The third kappa shape index (κ3) is 9.26. The van der Waals surface area contributed by atoms with Crippen LogP contribution in [0.4, 0.5) is 0 Å². The average molecular weight is 673 g/mol. The van der Waals surface area contributed by atoms with E-state index in [2.05, 4.69) is 153 Å². The highest BCUT2D eigenvalue weighted by atomic mass is 32.2. The smallest absolute Gasteiger partial charge is 0.196 e. The summed E-state index contributed by atoms with van der Waals surface area (Å²) in [4.78, 5) is 0. The van der Waals surface area contributed by atoms with E-state index in [4.69, 9.17) is 0 Å². The standard InChI is InChI=1S/C40H44N6S2/c1-31-21-25-35(26-22-31)45-37(41-43-39(45)47-29-33-15-9-7-10-16-33)19-13-5-3-4-6-14-20-38-42-44-40(48-30-34-17-11-8-12-18-34)46(38)36-27-23-32(2)24-28-36/h7-12,15-18,21-28H,3-6,13-14,19-20,29-30H2,1-2H3. The summed E-state index contributed by atoms with van der Waals surface area (Å²) in [6.07, 6.45) is 8.88. The van der Waals surface area contributed by atoms with Gasteiger partial charge in [0.2, 0.25) is 0 Å². The van der Waals surface area contributed by atoms with E-state index in [1.165, 1.54) is 47.9 Å². The first-order valence-corrected chi connectivity index (χ1v) is 19.0. The maximum atomic E-state index is 4.65. The zero-order valence-corrected chi connectivity index (χ0v) is 29.6. The number of rotatable bonds is 17. The third-order valence-electron chi connectivity index (χ3n) is 8.46. The SMILES string of the molecule is Cc1ccc(-n2c(CCCCCCCCc3nnc(SCc4ccccc4)n3-c3ccc(C)cc3)nnc2SCc2ccccc2)cc1. The molecule has 0 atom stereocenters. The molecule has 0 aliphatic carbocycles. The molecule has 0 aliphatic rings. The fourth-order valence-electron chi connectivity index (χ4n) is 5.74. The van der Waals surface area contributed by atoms with Gasteiger partial charge in [-0.15, -0.1) is 20.4 Å². The normalized spacial score (nSPS) is 11.3. The quantitative estimate of drug-likeness (QED) is 0.0710. The lowest BCUT2D eigenvalue weighted by molar-refractivity contribution is 0.579. The van der Waals surface area contributed by atoms with Gasteiger partial charge in [0.15, 0.2) is 10.3 Å². The van der Waals surface area contributed by atoms with Gasteiger partial charge in [-0.25, -0.2) is 0 Å². The fourth-order valence-corrected chi connectivity index (χ4v) is 7.59. The van der Waals surface area contributed by atoms with Crippen LogP contribution in [0.2, 0.25) is 0 Å². The highest BCUT2D eigenvalue weighted by Crippen LogP contribution is 2.28. The van der Waals surface area contributed by atoms with Crippen LogP contribution in [0.3, 0.4) is 0 Å². The van der Waals surface area contributed by atoms with E-state index in [1.807, 2.05) is 0 Å². The molecular formula is C40H44N6S2. The van der Waals surface area contributed by atoms with Crippen LogP contribution < -0.4 is 0 Å². The molecule has 4 aromatic carbocycles. The van der Waals surface area contributed by atoms with Crippen LogP contribution in [0.25, 0.3) is 11.4 Å². The monoisotopic (exact) mass is 672 g/mol. The molecule has 0 N–H and O–H groups in total. The van der Waals surface area contributed by atoms with Crippen molar-refractivity contribution < 1.29 is 0 Å². The van der Waals surface area contributed by atoms with Gasteiger partial charge in [0, 0.05) is 35.7 Å². The zero-order valence-electron chi connectivity index (χ0n) is 28.0. The number of hydrogen-bond acceptors (Lipinski definition) is 6. The predicted octanol–water partition coefficient (Wildman–Crippen LogP) is 10.2. The van der Waals surface area contributed by atoms with E-state index >= 15 is 0 Å². The molecule has 6 nitrogen and oxygen atoms in total. The molecule has 6 rings (SSSR count). The summed E-state index contributed by atoms with van der Waals surface area (Å²) in [6, 6.07) is 38.5. The Morgan fingerprint density at radius 2 is 0.812 bits per heavy atom. The highest BCUT2D eigenvalue weighted by molar-refractivity contribution is 7.98. The first kappa shape index (κ1) is 33.7. The van der Waals surface area contributed by atoms with Crippen molar-refractivity contribution in [3.8, 4) is 11.4 Å². The number of aromatic nitrogens is 6. The van der Waals surface area contributed by atoms with Gasteiger partial charge in [-0.1, -0.05) is 145 Å². The van der Waals surface area contributed by atoms with Crippen molar-refractivity contribution in [3.05, 3.63) is 143 Å². The molecular weight excluding hydrogens is 629 g/mol. The van der Waals surface area contributed by atoms with Crippen molar-refractivity contribution in [2.45, 2.75) is 87.0 Å². The molecule has 48 heavy (non-hydrogen) atoms. The van der Waals surface area contributed by atoms with Crippen molar-refractivity contribution in [2.75, 3.05) is 0 Å². The Morgan fingerprint density at radius 3 is 1.21 bits per heavy atom. The van der Waals surface area contributed by atoms with Crippen molar-refractivity contribution in [1.29, 1.82) is 0 Å². The van der Waals surface area contributed by atoms with E-state index in [0.717, 1.165) is 70.5 Å². The number of unbranched alkanes of at least 4 members (excludes halogenated alkanes) is 5. The van der Waals surface area contributed by atoms with Crippen molar-refractivity contribution >= 4 is 23.5 Å². The van der Waals surface area contributed by atoms with Gasteiger partial charge in [-0.3, -0.25) is 9.13 Å². The maximum absolute atomic E-state index is 4.65. The van der Waals surface area contributed by atoms with Crippen LogP contribution in [-0.4, -0.2) is 29.5 Å². The topological polar surface area (TPSA) is 61.4 Å². The number of hydrogen-bond donors (Lipinski definition) is 0. The van der Waals surface area contributed by atoms with Crippen LogP contribution in [0.5, 0.6) is 0 Å². The molecule has 246 valence electrons. The van der Waals surface area contributed by atoms with E-state index < -0.39 is 0 Å². The molecule has 0 saturated carbocycles. The Labute approximate surface area is 293 Å². The number of thioether (sulfide) groups is 2. The van der Waals surface area contributed by atoms with E-state index in [1.54, 1.807) is 23.5 Å². The Morgan fingerprint density at radius 1 is 0.438 bits per heavy atom. The first-order chi connectivity index (χ1) is 23.6. The van der Waals surface area contributed by atoms with Gasteiger partial charge in [0.25, 0.3) is 0 Å². The lowest BCUT2D eigenvalue weighted by Gasteiger charge is -2.11. The van der Waals surface area contributed by atoms with Gasteiger partial charge in [-0.2, -0.15) is 0 Å². The van der Waals surface area contributed by atoms with E-state index in [-0.39, 0.29) is 0 Å². The average Bonchev–Trinajstić information content (AvgIpc) is 3.73. The minimum Gasteiger partial charge on any atom is -0.274 e. The van der Waals surface area contributed by atoms with Crippen molar-refractivity contribution in [1.82, 2.24) is 29.5 Å². The van der Waals surface area contributed by atoms with Crippen LogP contribution in [0.1, 0.15) is 72.4 Å². The summed E-state index contributed by atoms with van der Waals surface area (Å²) in [5.74, 6) is 3.84. The lowest BCUT2D eigenvalue weighted by atomic mass is 10.1. The maximum Gasteiger partial charge on any atom is 0.196 e. The molecule has 0 aliphatic heterocycles. The van der Waals surface area contributed by atoms with Crippen molar-refractivity contribution in [2.24, 2.45) is 0 Å². The summed E-state index contributed by atoms with van der Waals surface area (Å²) in [5, 5.41) is 20.5. The summed E-state index contributed by atoms with van der Waals surface area (Å²) in [5.41, 5.74) is 7.36. The molecule has 0 radical (unpaired) electrons. The second kappa shape index (κ2) is 17.3. The molecule has 0 saturated heterocycles. The molecule has 6 aromatic rings. The lowest BCUT2D eigenvalue weighted by Crippen LogP contribution is -2.04. The molecule has 0 bridgehead atoms. The molecule has 0 amide bonds. The van der Waals surface area contributed by atoms with E-state index in [0.29, 0.717) is 0 Å².